The highest BCUT2D eigenvalue weighted by Gasteiger charge is 2.40. The van der Waals surface area contributed by atoms with E-state index < -0.39 is 60.6 Å². The van der Waals surface area contributed by atoms with E-state index in [0.717, 1.165) is 16.6 Å². The van der Waals surface area contributed by atoms with Gasteiger partial charge in [-0.15, -0.1) is 0 Å². The van der Waals surface area contributed by atoms with Crippen LogP contribution in [-0.4, -0.2) is 89.4 Å². The van der Waals surface area contributed by atoms with Crippen molar-refractivity contribution >= 4 is 46.3 Å². The molecule has 0 saturated carbocycles. The summed E-state index contributed by atoms with van der Waals surface area (Å²) in [6, 6.07) is 16.5. The average molecular weight is 716 g/mol. The Hall–Kier alpha value is -5.86. The van der Waals surface area contributed by atoms with Gasteiger partial charge in [0.1, 0.15) is 23.7 Å². The van der Waals surface area contributed by atoms with Crippen molar-refractivity contribution in [3.05, 3.63) is 95.7 Å². The number of piperidine rings is 1. The van der Waals surface area contributed by atoms with Gasteiger partial charge in [-0.1, -0.05) is 47.6 Å². The van der Waals surface area contributed by atoms with Crippen molar-refractivity contribution in [2.45, 2.75) is 50.1 Å². The number of nitrogens with zero attached hydrogens (tertiary/aromatic N) is 3. The summed E-state index contributed by atoms with van der Waals surface area (Å²) in [7, 11) is 0. The monoisotopic (exact) mass is 715 g/mol. The highest BCUT2D eigenvalue weighted by atomic mass is 19.1. The van der Waals surface area contributed by atoms with Crippen LogP contribution >= 0.6 is 0 Å². The van der Waals surface area contributed by atoms with E-state index in [4.69, 9.17) is 4.52 Å². The molecule has 2 fully saturated rings. The fraction of sp³-hybridized carbons (Fsp3) is 0.351. The molecule has 272 valence electrons. The largest absolute Gasteiger partial charge is 0.356 e. The molecule has 2 saturated heterocycles. The van der Waals surface area contributed by atoms with Gasteiger partial charge in [-0.2, -0.15) is 0 Å². The Morgan fingerprint density at radius 1 is 0.846 bits per heavy atom. The summed E-state index contributed by atoms with van der Waals surface area (Å²) >= 11 is 0. The van der Waals surface area contributed by atoms with Crippen LogP contribution in [0, 0.1) is 11.6 Å². The lowest BCUT2D eigenvalue weighted by atomic mass is 9.91. The summed E-state index contributed by atoms with van der Waals surface area (Å²) < 4.78 is 32.8. The number of anilines is 1. The second-order valence-electron chi connectivity index (χ2n) is 12.9. The number of nitrogens with one attached hydrogen (secondary N) is 4. The fourth-order valence-electron chi connectivity index (χ4n) is 6.72. The lowest BCUT2D eigenvalue weighted by Crippen LogP contribution is -2.56. The van der Waals surface area contributed by atoms with E-state index in [1.165, 1.54) is 30.3 Å². The van der Waals surface area contributed by atoms with Crippen LogP contribution in [0.1, 0.15) is 42.9 Å². The minimum atomic E-state index is -1.01. The van der Waals surface area contributed by atoms with Crippen LogP contribution in [0.4, 0.5) is 19.3 Å². The first kappa shape index (κ1) is 35.9. The van der Waals surface area contributed by atoms with Gasteiger partial charge in [0.05, 0.1) is 24.5 Å². The van der Waals surface area contributed by atoms with Crippen LogP contribution in [0.5, 0.6) is 0 Å². The first-order valence-corrected chi connectivity index (χ1v) is 17.2. The van der Waals surface area contributed by atoms with E-state index >= 15 is 0 Å². The number of urea groups is 1. The summed E-state index contributed by atoms with van der Waals surface area (Å²) in [4.78, 5) is 68.7. The summed E-state index contributed by atoms with van der Waals surface area (Å²) in [5.74, 6) is -2.87. The number of hydrogen-bond donors (Lipinski definition) is 4. The molecule has 0 unspecified atom stereocenters. The number of hydrogen-bond acceptors (Lipinski definition) is 7. The molecule has 3 heterocycles. The molecule has 2 aliphatic heterocycles. The van der Waals surface area contributed by atoms with Gasteiger partial charge in [-0.25, -0.2) is 13.6 Å². The highest BCUT2D eigenvalue weighted by Crippen LogP contribution is 2.33. The maximum absolute atomic E-state index is 14.1. The van der Waals surface area contributed by atoms with Crippen LogP contribution in [0.15, 0.2) is 77.3 Å². The van der Waals surface area contributed by atoms with Crippen LogP contribution < -0.4 is 21.3 Å². The molecule has 0 bridgehead atoms. The number of amides is 6. The van der Waals surface area contributed by atoms with Crippen molar-refractivity contribution in [3.8, 4) is 0 Å². The lowest BCUT2D eigenvalue weighted by Gasteiger charge is -2.36. The van der Waals surface area contributed by atoms with E-state index in [2.05, 4.69) is 26.4 Å². The van der Waals surface area contributed by atoms with E-state index in [1.54, 1.807) is 21.9 Å². The number of para-hydroxylation sites is 1. The van der Waals surface area contributed by atoms with Crippen molar-refractivity contribution < 1.29 is 37.3 Å². The molecular weight excluding hydrogens is 676 g/mol. The molecule has 2 aliphatic rings. The molecule has 15 heteroatoms. The standard InChI is InChI=1S/C37H39F2N7O6/c38-25-12-13-26-31(20-25)52-44-34(26)24-14-17-45(18-15-24)36(50)30-11-6-16-46(30)35(49)29(19-23-7-2-1-3-8-23)42-33(48)22-40-32(47)21-41-37(51)43-28-10-5-4-9-27(28)39/h1-5,7-10,12-13,20,24,29-30H,6,11,14-19,21-22H2,(H,40,47)(H,42,48)(H2,41,43,51)/t29-,30-/m0/s1. The number of fused-ring (bicyclic) bond motifs is 1. The summed E-state index contributed by atoms with van der Waals surface area (Å²) in [5, 5.41) is 14.7. The molecule has 3 aromatic carbocycles. The minimum Gasteiger partial charge on any atom is -0.356 e. The third kappa shape index (κ3) is 8.71. The van der Waals surface area contributed by atoms with Crippen molar-refractivity contribution in [2.24, 2.45) is 0 Å². The number of carbonyl (C=O) groups excluding carboxylic acids is 5. The number of rotatable bonds is 11. The van der Waals surface area contributed by atoms with Crippen LogP contribution in [0.25, 0.3) is 11.0 Å². The third-order valence-corrected chi connectivity index (χ3v) is 9.37. The molecule has 52 heavy (non-hydrogen) atoms. The number of halogens is 2. The fourth-order valence-corrected chi connectivity index (χ4v) is 6.72. The Labute approximate surface area is 298 Å². The molecule has 6 amide bonds. The first-order chi connectivity index (χ1) is 25.2. The van der Waals surface area contributed by atoms with E-state index in [0.29, 0.717) is 50.9 Å². The van der Waals surface area contributed by atoms with E-state index in [-0.39, 0.29) is 23.9 Å². The maximum Gasteiger partial charge on any atom is 0.319 e. The Bertz CT molecular complexity index is 1930. The van der Waals surface area contributed by atoms with Crippen molar-refractivity contribution in [3.63, 3.8) is 0 Å². The molecule has 0 radical (unpaired) electrons. The van der Waals surface area contributed by atoms with Gasteiger partial charge in [-0.3, -0.25) is 19.2 Å². The van der Waals surface area contributed by atoms with E-state index in [9.17, 15) is 32.8 Å². The zero-order chi connectivity index (χ0) is 36.6. The maximum atomic E-state index is 14.1. The minimum absolute atomic E-state index is 0.0369. The van der Waals surface area contributed by atoms with Crippen LogP contribution in [0.2, 0.25) is 0 Å². The predicted molar refractivity (Wildman–Crippen MR) is 186 cm³/mol. The molecule has 2 atom stereocenters. The Morgan fingerprint density at radius 2 is 1.58 bits per heavy atom. The topological polar surface area (TPSA) is 166 Å². The van der Waals surface area contributed by atoms with Gasteiger partial charge >= 0.3 is 6.03 Å². The van der Waals surface area contributed by atoms with Crippen LogP contribution in [0.3, 0.4) is 0 Å². The van der Waals surface area contributed by atoms with Gasteiger partial charge in [0.15, 0.2) is 5.58 Å². The van der Waals surface area contributed by atoms with E-state index in [1.807, 2.05) is 30.3 Å². The number of carbonyl (C=O) groups is 5. The Morgan fingerprint density at radius 3 is 2.35 bits per heavy atom. The van der Waals surface area contributed by atoms with Gasteiger partial charge in [0.25, 0.3) is 0 Å². The molecule has 0 spiro atoms. The van der Waals surface area contributed by atoms with Gasteiger partial charge < -0.3 is 35.6 Å². The predicted octanol–water partition coefficient (Wildman–Crippen LogP) is 3.47. The van der Waals surface area contributed by atoms with Crippen molar-refractivity contribution in [1.29, 1.82) is 0 Å². The molecule has 1 aromatic heterocycles. The summed E-state index contributed by atoms with van der Waals surface area (Å²) in [5.41, 5.74) is 1.86. The highest BCUT2D eigenvalue weighted by molar-refractivity contribution is 5.95. The quantitative estimate of drug-likeness (QED) is 0.185. The number of likely N-dealkylation sites (tertiary alicyclic amines) is 2. The first-order valence-electron chi connectivity index (χ1n) is 17.2. The summed E-state index contributed by atoms with van der Waals surface area (Å²) in [6.45, 7) is 0.318. The second kappa shape index (κ2) is 16.4. The van der Waals surface area contributed by atoms with Crippen LogP contribution in [-0.2, 0) is 25.6 Å². The zero-order valence-electron chi connectivity index (χ0n) is 28.3. The lowest BCUT2D eigenvalue weighted by molar-refractivity contribution is -0.146. The molecular formula is C37H39F2N7O6. The van der Waals surface area contributed by atoms with Gasteiger partial charge in [-0.05, 0) is 55.5 Å². The average Bonchev–Trinajstić information content (AvgIpc) is 3.81. The Kier molecular flexibility index (Phi) is 11.4. The zero-order valence-corrected chi connectivity index (χ0v) is 28.3. The third-order valence-electron chi connectivity index (χ3n) is 9.37. The van der Waals surface area contributed by atoms with Crippen molar-refractivity contribution in [2.75, 3.05) is 38.0 Å². The second-order valence-corrected chi connectivity index (χ2v) is 12.9. The molecule has 0 aliphatic carbocycles. The van der Waals surface area contributed by atoms with Gasteiger partial charge in [0, 0.05) is 43.4 Å². The molecule has 13 nitrogen and oxygen atoms in total. The van der Waals surface area contributed by atoms with Gasteiger partial charge in [0.2, 0.25) is 23.6 Å². The molecule has 4 aromatic rings. The normalized spacial score (nSPS) is 16.7. The smallest absolute Gasteiger partial charge is 0.319 e. The van der Waals surface area contributed by atoms with Crippen molar-refractivity contribution in [1.82, 2.24) is 30.9 Å². The number of aromatic nitrogens is 1. The number of benzene rings is 3. The SMILES string of the molecule is O=C(CNC(=O)Nc1ccccc1F)NCC(=O)N[C@@H](Cc1ccccc1)C(=O)N1CCC[C@H]1C(=O)N1CCC(c2noc3cc(F)ccc23)CC1. The summed E-state index contributed by atoms with van der Waals surface area (Å²) in [6.07, 6.45) is 2.55. The molecule has 6 rings (SSSR count). The Balaban J connectivity index is 1.03. The molecule has 4 N–H and O–H groups in total.